The molecule has 1 aromatic heterocycles. The van der Waals surface area contributed by atoms with E-state index < -0.39 is 10.0 Å². The van der Waals surface area contributed by atoms with Gasteiger partial charge in [0.15, 0.2) is 0 Å². The number of nitrogens with zero attached hydrogens (tertiary/aromatic N) is 3. The Balaban J connectivity index is 1.70. The minimum atomic E-state index is -3.69. The normalized spacial score (nSPS) is 15.3. The van der Waals surface area contributed by atoms with Crippen molar-refractivity contribution in [2.24, 2.45) is 0 Å². The van der Waals surface area contributed by atoms with Crippen LogP contribution in [0.25, 0.3) is 0 Å². The summed E-state index contributed by atoms with van der Waals surface area (Å²) in [5, 5.41) is 2.81. The van der Waals surface area contributed by atoms with Gasteiger partial charge in [0.25, 0.3) is 5.91 Å². The first-order valence-corrected chi connectivity index (χ1v) is 10.5. The number of hydrogen-bond donors (Lipinski definition) is 1. The molecule has 2 heterocycles. The summed E-state index contributed by atoms with van der Waals surface area (Å²) in [5.74, 6) is -0.0467. The second kappa shape index (κ2) is 9.18. The minimum Gasteiger partial charge on any atom is -0.496 e. The zero-order valence-corrected chi connectivity index (χ0v) is 16.5. The number of carbonyl (C=O) groups excluding carboxylic acids is 1. The number of aryl methyl sites for hydroxylation is 1. The van der Waals surface area contributed by atoms with Gasteiger partial charge in [-0.2, -0.15) is 4.31 Å². The van der Waals surface area contributed by atoms with Crippen molar-refractivity contribution in [3.63, 3.8) is 0 Å². The van der Waals surface area contributed by atoms with E-state index in [2.05, 4.69) is 10.3 Å². The predicted octanol–water partition coefficient (Wildman–Crippen LogP) is 0.733. The maximum atomic E-state index is 12.8. The van der Waals surface area contributed by atoms with Crippen LogP contribution in [0.3, 0.4) is 0 Å². The molecule has 1 amide bonds. The Morgan fingerprint density at radius 3 is 2.79 bits per heavy atom. The highest BCUT2D eigenvalue weighted by molar-refractivity contribution is 7.89. The van der Waals surface area contributed by atoms with Crippen LogP contribution >= 0.6 is 0 Å². The molecule has 1 aromatic carbocycles. The highest BCUT2D eigenvalue weighted by atomic mass is 32.2. The van der Waals surface area contributed by atoms with Crippen LogP contribution in [0.1, 0.15) is 16.8 Å². The number of amides is 1. The topological polar surface area (TPSA) is 103 Å². The first-order chi connectivity index (χ1) is 13.5. The molecule has 0 unspecified atom stereocenters. The third-order valence-electron chi connectivity index (χ3n) is 4.46. The van der Waals surface area contributed by atoms with Crippen LogP contribution in [-0.2, 0) is 21.3 Å². The lowest BCUT2D eigenvalue weighted by Gasteiger charge is -2.26. The molecule has 0 atom stereocenters. The molecule has 1 saturated heterocycles. The Bertz CT molecular complexity index is 893. The van der Waals surface area contributed by atoms with Crippen molar-refractivity contribution in [1.82, 2.24) is 19.2 Å². The standard InChI is InChI=1S/C18H24N4O5S/c1-26-17-4-3-15(28(24,25)22-9-11-27-12-10-22)13-16(17)18(23)20-5-2-7-21-8-6-19-14-21/h3-4,6,8,13-14H,2,5,7,9-12H2,1H3,(H,20,23). The van der Waals surface area contributed by atoms with E-state index in [0.29, 0.717) is 38.6 Å². The lowest BCUT2D eigenvalue weighted by molar-refractivity contribution is 0.0730. The third kappa shape index (κ3) is 4.70. The largest absolute Gasteiger partial charge is 0.496 e. The number of imidazole rings is 1. The van der Waals surface area contributed by atoms with Gasteiger partial charge in [-0.25, -0.2) is 13.4 Å². The number of hydrogen-bond acceptors (Lipinski definition) is 6. The second-order valence-corrected chi connectivity index (χ2v) is 8.23. The van der Waals surface area contributed by atoms with Gasteiger partial charge in [0.05, 0.1) is 37.1 Å². The average Bonchev–Trinajstić information content (AvgIpc) is 3.24. The van der Waals surface area contributed by atoms with Crippen LogP contribution in [0.5, 0.6) is 5.75 Å². The molecular weight excluding hydrogens is 384 g/mol. The van der Waals surface area contributed by atoms with Crippen LogP contribution in [0.4, 0.5) is 0 Å². The summed E-state index contributed by atoms with van der Waals surface area (Å²) in [6.45, 7) is 2.48. The molecule has 28 heavy (non-hydrogen) atoms. The molecule has 2 aromatic rings. The predicted molar refractivity (Wildman–Crippen MR) is 102 cm³/mol. The van der Waals surface area contributed by atoms with Gasteiger partial charge >= 0.3 is 0 Å². The van der Waals surface area contributed by atoms with Crippen LogP contribution in [0, 0.1) is 0 Å². The quantitative estimate of drug-likeness (QED) is 0.646. The summed E-state index contributed by atoms with van der Waals surface area (Å²) in [7, 11) is -2.24. The summed E-state index contributed by atoms with van der Waals surface area (Å²) < 4.78 is 39.4. The molecular formula is C18H24N4O5S. The highest BCUT2D eigenvalue weighted by Gasteiger charge is 2.28. The van der Waals surface area contributed by atoms with Crippen molar-refractivity contribution < 1.29 is 22.7 Å². The van der Waals surface area contributed by atoms with Gasteiger partial charge in [0, 0.05) is 38.6 Å². The number of methoxy groups -OCH3 is 1. The highest BCUT2D eigenvalue weighted by Crippen LogP contribution is 2.25. The molecule has 1 N–H and O–H groups in total. The van der Waals surface area contributed by atoms with Gasteiger partial charge in [0.2, 0.25) is 10.0 Å². The Kier molecular flexibility index (Phi) is 6.65. The fourth-order valence-corrected chi connectivity index (χ4v) is 4.37. The monoisotopic (exact) mass is 408 g/mol. The Morgan fingerprint density at radius 1 is 1.32 bits per heavy atom. The van der Waals surface area contributed by atoms with E-state index in [9.17, 15) is 13.2 Å². The lowest BCUT2D eigenvalue weighted by atomic mass is 10.2. The number of nitrogens with one attached hydrogen (secondary N) is 1. The van der Waals surface area contributed by atoms with Crippen molar-refractivity contribution in [3.05, 3.63) is 42.5 Å². The average molecular weight is 408 g/mol. The number of ether oxygens (including phenoxy) is 2. The summed E-state index contributed by atoms with van der Waals surface area (Å²) in [4.78, 5) is 16.6. The lowest BCUT2D eigenvalue weighted by Crippen LogP contribution is -2.40. The van der Waals surface area contributed by atoms with Crippen molar-refractivity contribution in [2.45, 2.75) is 17.9 Å². The van der Waals surface area contributed by atoms with Gasteiger partial charge < -0.3 is 19.4 Å². The van der Waals surface area contributed by atoms with Crippen LogP contribution in [0.2, 0.25) is 0 Å². The molecule has 10 heteroatoms. The zero-order valence-electron chi connectivity index (χ0n) is 15.7. The number of rotatable bonds is 8. The van der Waals surface area contributed by atoms with E-state index in [-0.39, 0.29) is 16.4 Å². The third-order valence-corrected chi connectivity index (χ3v) is 6.36. The SMILES string of the molecule is COc1ccc(S(=O)(=O)N2CCOCC2)cc1C(=O)NCCCn1ccnc1. The van der Waals surface area contributed by atoms with Crippen molar-refractivity contribution in [3.8, 4) is 5.75 Å². The first kappa shape index (κ1) is 20.3. The van der Waals surface area contributed by atoms with E-state index in [1.54, 1.807) is 12.5 Å². The van der Waals surface area contributed by atoms with Gasteiger partial charge in [-0.05, 0) is 24.6 Å². The van der Waals surface area contributed by atoms with E-state index in [1.165, 1.54) is 29.6 Å². The fraction of sp³-hybridized carbons (Fsp3) is 0.444. The van der Waals surface area contributed by atoms with Gasteiger partial charge in [0.1, 0.15) is 5.75 Å². The first-order valence-electron chi connectivity index (χ1n) is 9.02. The molecule has 3 rings (SSSR count). The fourth-order valence-electron chi connectivity index (χ4n) is 2.94. The molecule has 1 fully saturated rings. The molecule has 0 saturated carbocycles. The van der Waals surface area contributed by atoms with Crippen LogP contribution in [0.15, 0.2) is 41.8 Å². The Hall–Kier alpha value is -2.43. The summed E-state index contributed by atoms with van der Waals surface area (Å²) in [5.41, 5.74) is 0.194. The molecule has 0 aliphatic carbocycles. The van der Waals surface area contributed by atoms with Crippen LogP contribution in [-0.4, -0.2) is 68.1 Å². The Morgan fingerprint density at radius 2 is 2.11 bits per heavy atom. The summed E-state index contributed by atoms with van der Waals surface area (Å²) >= 11 is 0. The number of carbonyl (C=O) groups is 1. The second-order valence-electron chi connectivity index (χ2n) is 6.29. The molecule has 9 nitrogen and oxygen atoms in total. The number of morpholine rings is 1. The number of benzene rings is 1. The van der Waals surface area contributed by atoms with E-state index in [4.69, 9.17) is 9.47 Å². The molecule has 0 radical (unpaired) electrons. The summed E-state index contributed by atoms with van der Waals surface area (Å²) in [6, 6.07) is 4.34. The molecule has 0 bridgehead atoms. The van der Waals surface area contributed by atoms with Crippen molar-refractivity contribution >= 4 is 15.9 Å². The van der Waals surface area contributed by atoms with Gasteiger partial charge in [-0.15, -0.1) is 0 Å². The minimum absolute atomic E-state index is 0.0683. The van der Waals surface area contributed by atoms with E-state index >= 15 is 0 Å². The number of aromatic nitrogens is 2. The zero-order chi connectivity index (χ0) is 20.0. The molecule has 0 spiro atoms. The molecule has 152 valence electrons. The molecule has 1 aliphatic rings. The maximum Gasteiger partial charge on any atom is 0.255 e. The van der Waals surface area contributed by atoms with Crippen LogP contribution < -0.4 is 10.1 Å². The van der Waals surface area contributed by atoms with Crippen molar-refractivity contribution in [1.29, 1.82) is 0 Å². The van der Waals surface area contributed by atoms with Gasteiger partial charge in [-0.1, -0.05) is 0 Å². The van der Waals surface area contributed by atoms with Crippen molar-refractivity contribution in [2.75, 3.05) is 40.0 Å². The summed E-state index contributed by atoms with van der Waals surface area (Å²) in [6.07, 6.45) is 5.98. The smallest absolute Gasteiger partial charge is 0.255 e. The van der Waals surface area contributed by atoms with Gasteiger partial charge in [-0.3, -0.25) is 4.79 Å². The Labute approximate surface area is 164 Å². The van der Waals surface area contributed by atoms with E-state index in [0.717, 1.165) is 13.0 Å². The molecule has 1 aliphatic heterocycles. The maximum absolute atomic E-state index is 12.8. The van der Waals surface area contributed by atoms with E-state index in [1.807, 2.05) is 10.8 Å². The number of sulfonamides is 1.